The van der Waals surface area contributed by atoms with Crippen molar-refractivity contribution in [3.05, 3.63) is 29.8 Å². The lowest BCUT2D eigenvalue weighted by molar-refractivity contribution is -0.153. The van der Waals surface area contributed by atoms with Crippen LogP contribution >= 0.6 is 0 Å². The maximum absolute atomic E-state index is 12.0. The number of phenolic OH excluding ortho intramolecular Hbond substituents is 1. The van der Waals surface area contributed by atoms with Crippen LogP contribution in [0.3, 0.4) is 0 Å². The molecule has 1 fully saturated rings. The summed E-state index contributed by atoms with van der Waals surface area (Å²) >= 11 is 0. The number of piperazine rings is 1. The lowest BCUT2D eigenvalue weighted by atomic mass is 10.0. The van der Waals surface area contributed by atoms with Gasteiger partial charge < -0.3 is 14.9 Å². The van der Waals surface area contributed by atoms with Crippen LogP contribution in [0.15, 0.2) is 24.3 Å². The standard InChI is InChI=1S/C12H14N2O3/c1-13-7-10(16)14(2)11(12(13)17)8-3-5-9(15)6-4-8/h3-6,11,15H,7H2,1-2H3. The summed E-state index contributed by atoms with van der Waals surface area (Å²) in [5.74, 6) is -0.0673. The van der Waals surface area contributed by atoms with Crippen molar-refractivity contribution in [2.45, 2.75) is 6.04 Å². The highest BCUT2D eigenvalue weighted by Crippen LogP contribution is 2.26. The van der Waals surface area contributed by atoms with Gasteiger partial charge in [-0.05, 0) is 17.7 Å². The summed E-state index contributed by atoms with van der Waals surface area (Å²) in [5, 5.41) is 9.21. The van der Waals surface area contributed by atoms with Crippen molar-refractivity contribution in [1.82, 2.24) is 9.80 Å². The highest BCUT2D eigenvalue weighted by atomic mass is 16.3. The van der Waals surface area contributed by atoms with Gasteiger partial charge in [-0.2, -0.15) is 0 Å². The van der Waals surface area contributed by atoms with E-state index in [0.29, 0.717) is 5.56 Å². The number of likely N-dealkylation sites (N-methyl/N-ethyl adjacent to an activating group) is 2. The van der Waals surface area contributed by atoms with Crippen LogP contribution in [0.4, 0.5) is 0 Å². The summed E-state index contributed by atoms with van der Waals surface area (Å²) in [7, 11) is 3.23. The van der Waals surface area contributed by atoms with E-state index in [4.69, 9.17) is 0 Å². The Labute approximate surface area is 99.3 Å². The smallest absolute Gasteiger partial charge is 0.250 e. The molecule has 1 aromatic rings. The topological polar surface area (TPSA) is 60.9 Å². The number of rotatable bonds is 1. The van der Waals surface area contributed by atoms with Crippen molar-refractivity contribution in [2.75, 3.05) is 20.6 Å². The number of amides is 2. The third-order valence-corrected chi connectivity index (χ3v) is 2.97. The minimum atomic E-state index is -0.596. The van der Waals surface area contributed by atoms with Crippen molar-refractivity contribution >= 4 is 11.8 Å². The van der Waals surface area contributed by atoms with Crippen LogP contribution in [-0.4, -0.2) is 47.4 Å². The van der Waals surface area contributed by atoms with E-state index in [2.05, 4.69) is 0 Å². The molecule has 0 spiro atoms. The molecular formula is C12H14N2O3. The zero-order valence-corrected chi connectivity index (χ0v) is 9.75. The van der Waals surface area contributed by atoms with Gasteiger partial charge in [0.15, 0.2) is 0 Å². The Balaban J connectivity index is 2.37. The minimum absolute atomic E-state index is 0.0924. The molecule has 2 rings (SSSR count). The minimum Gasteiger partial charge on any atom is -0.508 e. The van der Waals surface area contributed by atoms with Crippen LogP contribution in [0.5, 0.6) is 5.75 Å². The first-order valence-electron chi connectivity index (χ1n) is 5.30. The molecule has 0 radical (unpaired) electrons. The van der Waals surface area contributed by atoms with Gasteiger partial charge >= 0.3 is 0 Å². The Kier molecular flexibility index (Phi) is 2.75. The number of hydrogen-bond donors (Lipinski definition) is 1. The fourth-order valence-corrected chi connectivity index (χ4v) is 1.93. The van der Waals surface area contributed by atoms with Crippen molar-refractivity contribution in [2.24, 2.45) is 0 Å². The predicted molar refractivity (Wildman–Crippen MR) is 61.3 cm³/mol. The van der Waals surface area contributed by atoms with E-state index in [1.54, 1.807) is 26.2 Å². The zero-order chi connectivity index (χ0) is 12.6. The molecule has 1 heterocycles. The summed E-state index contributed by atoms with van der Waals surface area (Å²) in [6, 6.07) is 5.73. The first kappa shape index (κ1) is 11.4. The van der Waals surface area contributed by atoms with Crippen molar-refractivity contribution < 1.29 is 14.7 Å². The van der Waals surface area contributed by atoms with Crippen LogP contribution < -0.4 is 0 Å². The molecule has 1 N–H and O–H groups in total. The number of carbonyl (C=O) groups is 2. The van der Waals surface area contributed by atoms with Gasteiger partial charge in [-0.3, -0.25) is 9.59 Å². The molecule has 5 heteroatoms. The molecule has 1 aromatic carbocycles. The van der Waals surface area contributed by atoms with Gasteiger partial charge in [-0.15, -0.1) is 0 Å². The Morgan fingerprint density at radius 3 is 2.35 bits per heavy atom. The number of phenols is 1. The second-order valence-corrected chi connectivity index (χ2v) is 4.19. The Hall–Kier alpha value is -2.04. The van der Waals surface area contributed by atoms with Crippen LogP contribution in [-0.2, 0) is 9.59 Å². The van der Waals surface area contributed by atoms with Gasteiger partial charge in [0.05, 0.1) is 6.54 Å². The molecule has 0 aromatic heterocycles. The van der Waals surface area contributed by atoms with Crippen LogP contribution in [0.25, 0.3) is 0 Å². The second-order valence-electron chi connectivity index (χ2n) is 4.19. The number of nitrogens with zero attached hydrogens (tertiary/aromatic N) is 2. The normalized spacial score (nSPS) is 20.9. The van der Waals surface area contributed by atoms with Crippen molar-refractivity contribution in [1.29, 1.82) is 0 Å². The Morgan fingerprint density at radius 1 is 1.18 bits per heavy atom. The van der Waals surface area contributed by atoms with Gasteiger partial charge in [0.1, 0.15) is 11.8 Å². The lowest BCUT2D eigenvalue weighted by Gasteiger charge is -2.36. The first-order valence-corrected chi connectivity index (χ1v) is 5.30. The zero-order valence-electron chi connectivity index (χ0n) is 9.75. The molecule has 1 aliphatic heterocycles. The van der Waals surface area contributed by atoms with Gasteiger partial charge in [0.2, 0.25) is 11.8 Å². The summed E-state index contributed by atoms with van der Waals surface area (Å²) in [4.78, 5) is 26.6. The third kappa shape index (κ3) is 1.95. The molecule has 0 aliphatic carbocycles. The highest BCUT2D eigenvalue weighted by Gasteiger charge is 2.36. The maximum atomic E-state index is 12.0. The summed E-state index contributed by atoms with van der Waals surface area (Å²) < 4.78 is 0. The highest BCUT2D eigenvalue weighted by molar-refractivity contribution is 5.95. The number of benzene rings is 1. The molecule has 90 valence electrons. The molecule has 0 bridgehead atoms. The van der Waals surface area contributed by atoms with Crippen molar-refractivity contribution in [3.8, 4) is 5.75 Å². The Bertz CT molecular complexity index is 455. The lowest BCUT2D eigenvalue weighted by Crippen LogP contribution is -2.52. The quantitative estimate of drug-likeness (QED) is 0.763. The van der Waals surface area contributed by atoms with E-state index in [1.165, 1.54) is 21.9 Å². The first-order chi connectivity index (χ1) is 8.00. The van der Waals surface area contributed by atoms with Crippen LogP contribution in [0.1, 0.15) is 11.6 Å². The van der Waals surface area contributed by atoms with E-state index in [0.717, 1.165) is 0 Å². The Morgan fingerprint density at radius 2 is 1.76 bits per heavy atom. The van der Waals surface area contributed by atoms with E-state index >= 15 is 0 Å². The van der Waals surface area contributed by atoms with E-state index in [-0.39, 0.29) is 24.1 Å². The molecular weight excluding hydrogens is 220 g/mol. The molecule has 1 aliphatic rings. The molecule has 5 nitrogen and oxygen atoms in total. The van der Waals surface area contributed by atoms with Crippen LogP contribution in [0.2, 0.25) is 0 Å². The molecule has 1 saturated heterocycles. The van der Waals surface area contributed by atoms with E-state index in [9.17, 15) is 14.7 Å². The largest absolute Gasteiger partial charge is 0.508 e. The molecule has 1 unspecified atom stereocenters. The van der Waals surface area contributed by atoms with Crippen molar-refractivity contribution in [3.63, 3.8) is 0 Å². The number of carbonyl (C=O) groups excluding carboxylic acids is 2. The predicted octanol–water partition coefficient (Wildman–Crippen LogP) is 0.364. The average molecular weight is 234 g/mol. The maximum Gasteiger partial charge on any atom is 0.250 e. The molecule has 1 atom stereocenters. The van der Waals surface area contributed by atoms with Crippen LogP contribution in [0, 0.1) is 0 Å². The number of hydrogen-bond acceptors (Lipinski definition) is 3. The summed E-state index contributed by atoms with van der Waals surface area (Å²) in [6.07, 6.45) is 0. The van der Waals surface area contributed by atoms with E-state index < -0.39 is 6.04 Å². The fraction of sp³-hybridized carbons (Fsp3) is 0.333. The third-order valence-electron chi connectivity index (χ3n) is 2.97. The van der Waals surface area contributed by atoms with E-state index in [1.807, 2.05) is 0 Å². The molecule has 0 saturated carbocycles. The SMILES string of the molecule is CN1CC(=O)N(C)C(c2ccc(O)cc2)C1=O. The summed E-state index contributed by atoms with van der Waals surface area (Å²) in [6.45, 7) is 0.115. The fourth-order valence-electron chi connectivity index (χ4n) is 1.93. The molecule has 17 heavy (non-hydrogen) atoms. The number of aromatic hydroxyl groups is 1. The van der Waals surface area contributed by atoms with Gasteiger partial charge in [0, 0.05) is 14.1 Å². The summed E-state index contributed by atoms with van der Waals surface area (Å²) in [5.41, 5.74) is 0.704. The van der Waals surface area contributed by atoms with Gasteiger partial charge in [0.25, 0.3) is 0 Å². The van der Waals surface area contributed by atoms with Gasteiger partial charge in [-0.1, -0.05) is 12.1 Å². The average Bonchev–Trinajstić information content (AvgIpc) is 2.29. The second kappa shape index (κ2) is 4.08. The molecule has 2 amide bonds. The van der Waals surface area contributed by atoms with Gasteiger partial charge in [-0.25, -0.2) is 0 Å². The monoisotopic (exact) mass is 234 g/mol.